The number of rotatable bonds is 6. The van der Waals surface area contributed by atoms with Crippen LogP contribution in [0, 0.1) is 6.92 Å². The van der Waals surface area contributed by atoms with Gasteiger partial charge in [0, 0.05) is 31.0 Å². The minimum absolute atomic E-state index is 0.0623. The molecule has 1 N–H and O–H groups in total. The second kappa shape index (κ2) is 9.43. The Kier molecular flexibility index (Phi) is 6.41. The molecular formula is C28H28N2O4. The lowest BCUT2D eigenvalue weighted by Gasteiger charge is -2.26. The van der Waals surface area contributed by atoms with Gasteiger partial charge < -0.3 is 14.7 Å². The van der Waals surface area contributed by atoms with Crippen LogP contribution in [0.3, 0.4) is 0 Å². The van der Waals surface area contributed by atoms with Crippen molar-refractivity contribution < 1.29 is 19.4 Å². The number of hydrogen-bond donors (Lipinski definition) is 1. The molecule has 174 valence electrons. The number of benzene rings is 3. The molecule has 0 radical (unpaired) electrons. The number of amides is 1. The number of hydrogen-bond acceptors (Lipinski definition) is 5. The summed E-state index contributed by atoms with van der Waals surface area (Å²) in [7, 11) is 3.89. The van der Waals surface area contributed by atoms with E-state index in [0.717, 1.165) is 16.8 Å². The standard InChI is InChI=1S/C28H28N2O4/c1-5-34-23-16-10-20(11-17-23)26(31)24-25(19-8-14-21(15-9-19)29(3)4)30(28(33)27(24)32)22-12-6-18(2)7-13-22/h6-17,25,31H,5H2,1-4H3/b26-24-. The number of ether oxygens (including phenoxy) is 1. The monoisotopic (exact) mass is 456 g/mol. The second-order valence-corrected chi connectivity index (χ2v) is 8.45. The molecule has 0 spiro atoms. The lowest BCUT2D eigenvalue weighted by Crippen LogP contribution is -2.29. The zero-order chi connectivity index (χ0) is 24.4. The summed E-state index contributed by atoms with van der Waals surface area (Å²) in [6, 6.07) is 21.1. The molecular weight excluding hydrogens is 428 g/mol. The van der Waals surface area contributed by atoms with Crippen molar-refractivity contribution in [1.82, 2.24) is 0 Å². The van der Waals surface area contributed by atoms with Crippen LogP contribution in [0.25, 0.3) is 5.76 Å². The van der Waals surface area contributed by atoms with Gasteiger partial charge in [-0.05, 0) is 67.9 Å². The Hall–Kier alpha value is -4.06. The minimum Gasteiger partial charge on any atom is -0.507 e. The number of carbonyl (C=O) groups excluding carboxylic acids is 2. The molecule has 3 aromatic carbocycles. The molecule has 1 amide bonds. The van der Waals surface area contributed by atoms with Gasteiger partial charge in [0.1, 0.15) is 11.5 Å². The van der Waals surface area contributed by atoms with Gasteiger partial charge in [0.05, 0.1) is 18.2 Å². The van der Waals surface area contributed by atoms with Crippen molar-refractivity contribution in [1.29, 1.82) is 0 Å². The highest BCUT2D eigenvalue weighted by Crippen LogP contribution is 2.42. The van der Waals surface area contributed by atoms with E-state index in [-0.39, 0.29) is 11.3 Å². The molecule has 1 atom stereocenters. The van der Waals surface area contributed by atoms with E-state index < -0.39 is 17.7 Å². The summed E-state index contributed by atoms with van der Waals surface area (Å²) in [5.41, 5.74) is 3.87. The highest BCUT2D eigenvalue weighted by Gasteiger charge is 2.46. The minimum atomic E-state index is -0.759. The van der Waals surface area contributed by atoms with Gasteiger partial charge in [-0.15, -0.1) is 0 Å². The number of ketones is 1. The molecule has 0 bridgehead atoms. The topological polar surface area (TPSA) is 70.1 Å². The third kappa shape index (κ3) is 4.27. The first-order chi connectivity index (χ1) is 16.3. The lowest BCUT2D eigenvalue weighted by molar-refractivity contribution is -0.132. The van der Waals surface area contributed by atoms with Crippen LogP contribution in [0.15, 0.2) is 78.4 Å². The first kappa shape index (κ1) is 23.1. The number of carbonyl (C=O) groups is 2. The van der Waals surface area contributed by atoms with Crippen LogP contribution in [-0.2, 0) is 9.59 Å². The summed E-state index contributed by atoms with van der Waals surface area (Å²) < 4.78 is 5.48. The first-order valence-electron chi connectivity index (χ1n) is 11.2. The van der Waals surface area contributed by atoms with Crippen molar-refractivity contribution in [3.63, 3.8) is 0 Å². The normalized spacial score (nSPS) is 17.2. The molecule has 1 fully saturated rings. The summed E-state index contributed by atoms with van der Waals surface area (Å²) >= 11 is 0. The van der Waals surface area contributed by atoms with E-state index in [2.05, 4.69) is 0 Å². The molecule has 1 aliphatic rings. The van der Waals surface area contributed by atoms with Crippen molar-refractivity contribution in [2.45, 2.75) is 19.9 Å². The van der Waals surface area contributed by atoms with E-state index in [1.54, 1.807) is 24.3 Å². The van der Waals surface area contributed by atoms with E-state index in [1.807, 2.05) is 81.4 Å². The van der Waals surface area contributed by atoms with Crippen molar-refractivity contribution in [3.8, 4) is 5.75 Å². The summed E-state index contributed by atoms with van der Waals surface area (Å²) in [5.74, 6) is -0.931. The van der Waals surface area contributed by atoms with E-state index in [9.17, 15) is 14.7 Å². The third-order valence-electron chi connectivity index (χ3n) is 5.92. The zero-order valence-corrected chi connectivity index (χ0v) is 19.8. The van der Waals surface area contributed by atoms with E-state index >= 15 is 0 Å². The molecule has 1 aliphatic heterocycles. The number of anilines is 2. The maximum Gasteiger partial charge on any atom is 0.300 e. The molecule has 3 aromatic rings. The fourth-order valence-corrected chi connectivity index (χ4v) is 4.11. The predicted molar refractivity (Wildman–Crippen MR) is 134 cm³/mol. The van der Waals surface area contributed by atoms with Gasteiger partial charge in [0.25, 0.3) is 11.7 Å². The van der Waals surface area contributed by atoms with E-state index in [4.69, 9.17) is 4.74 Å². The fourth-order valence-electron chi connectivity index (χ4n) is 4.11. The Bertz CT molecular complexity index is 1230. The number of aryl methyl sites for hydroxylation is 1. The van der Waals surface area contributed by atoms with Crippen LogP contribution in [-0.4, -0.2) is 37.5 Å². The molecule has 0 saturated carbocycles. The number of Topliss-reactive ketones (excluding diaryl/α,β-unsaturated/α-hetero) is 1. The highest BCUT2D eigenvalue weighted by atomic mass is 16.5. The Morgan fingerprint density at radius 2 is 1.56 bits per heavy atom. The van der Waals surface area contributed by atoms with Crippen LogP contribution >= 0.6 is 0 Å². The summed E-state index contributed by atoms with van der Waals surface area (Å²) in [6.45, 7) is 4.37. The van der Waals surface area contributed by atoms with Gasteiger partial charge in [-0.2, -0.15) is 0 Å². The Morgan fingerprint density at radius 3 is 2.12 bits per heavy atom. The van der Waals surface area contributed by atoms with Crippen LogP contribution in [0.5, 0.6) is 5.75 Å². The molecule has 6 heteroatoms. The molecule has 4 rings (SSSR count). The Labute approximate surface area is 199 Å². The zero-order valence-electron chi connectivity index (χ0n) is 19.8. The van der Waals surface area contributed by atoms with Gasteiger partial charge in [-0.1, -0.05) is 29.8 Å². The van der Waals surface area contributed by atoms with E-state index in [0.29, 0.717) is 23.6 Å². The Morgan fingerprint density at radius 1 is 0.941 bits per heavy atom. The van der Waals surface area contributed by atoms with Crippen LogP contribution in [0.2, 0.25) is 0 Å². The summed E-state index contributed by atoms with van der Waals surface area (Å²) in [5, 5.41) is 11.2. The number of aliphatic hydroxyl groups excluding tert-OH is 1. The number of nitrogens with zero attached hydrogens (tertiary/aromatic N) is 2. The average Bonchev–Trinajstić information content (AvgIpc) is 3.10. The summed E-state index contributed by atoms with van der Waals surface area (Å²) in [6.07, 6.45) is 0. The van der Waals surface area contributed by atoms with Gasteiger partial charge in [0.2, 0.25) is 0 Å². The number of aliphatic hydroxyl groups is 1. The fraction of sp³-hybridized carbons (Fsp3) is 0.214. The summed E-state index contributed by atoms with van der Waals surface area (Å²) in [4.78, 5) is 29.9. The van der Waals surface area contributed by atoms with E-state index in [1.165, 1.54) is 4.90 Å². The third-order valence-corrected chi connectivity index (χ3v) is 5.92. The first-order valence-corrected chi connectivity index (χ1v) is 11.2. The van der Waals surface area contributed by atoms with Crippen molar-refractivity contribution in [2.24, 2.45) is 0 Å². The SMILES string of the molecule is CCOc1ccc(/C(O)=C2/C(=O)C(=O)N(c3ccc(C)cc3)C2c2ccc(N(C)C)cc2)cc1. The molecule has 1 saturated heterocycles. The van der Waals surface area contributed by atoms with Crippen LogP contribution in [0.1, 0.15) is 29.7 Å². The highest BCUT2D eigenvalue weighted by molar-refractivity contribution is 6.51. The molecule has 0 aromatic heterocycles. The molecule has 6 nitrogen and oxygen atoms in total. The van der Waals surface area contributed by atoms with Crippen LogP contribution in [0.4, 0.5) is 11.4 Å². The smallest absolute Gasteiger partial charge is 0.300 e. The van der Waals surface area contributed by atoms with Gasteiger partial charge >= 0.3 is 0 Å². The maximum atomic E-state index is 13.3. The average molecular weight is 457 g/mol. The lowest BCUT2D eigenvalue weighted by atomic mass is 9.95. The Balaban J connectivity index is 1.87. The largest absolute Gasteiger partial charge is 0.507 e. The molecule has 1 heterocycles. The van der Waals surface area contributed by atoms with Crippen molar-refractivity contribution in [3.05, 3.63) is 95.1 Å². The van der Waals surface area contributed by atoms with Crippen molar-refractivity contribution >= 4 is 28.8 Å². The van der Waals surface area contributed by atoms with Crippen molar-refractivity contribution in [2.75, 3.05) is 30.5 Å². The maximum absolute atomic E-state index is 13.3. The quantitative estimate of drug-likeness (QED) is 0.318. The van der Waals surface area contributed by atoms with Gasteiger partial charge in [-0.25, -0.2) is 0 Å². The molecule has 0 aliphatic carbocycles. The van der Waals surface area contributed by atoms with Gasteiger partial charge in [0.15, 0.2) is 0 Å². The van der Waals surface area contributed by atoms with Gasteiger partial charge in [-0.3, -0.25) is 14.5 Å². The predicted octanol–water partition coefficient (Wildman–Crippen LogP) is 5.09. The molecule has 1 unspecified atom stereocenters. The van der Waals surface area contributed by atoms with Crippen LogP contribution < -0.4 is 14.5 Å². The second-order valence-electron chi connectivity index (χ2n) is 8.45. The molecule has 34 heavy (non-hydrogen) atoms.